The quantitative estimate of drug-likeness (QED) is 0.504. The van der Waals surface area contributed by atoms with Gasteiger partial charge < -0.3 is 0 Å². The van der Waals surface area contributed by atoms with Crippen LogP contribution in [0.2, 0.25) is 0 Å². The molecule has 0 heterocycles. The fourth-order valence-corrected chi connectivity index (χ4v) is 0.610. The molecule has 0 N–H and O–H groups in total. The fraction of sp³-hybridized carbons (Fsp3) is 0.333. The van der Waals surface area contributed by atoms with Gasteiger partial charge in [0.2, 0.25) is 0 Å². The van der Waals surface area contributed by atoms with Gasteiger partial charge in [-0.15, -0.1) is 0 Å². The predicted molar refractivity (Wildman–Crippen MR) is 43.4 cm³/mol. The van der Waals surface area contributed by atoms with Gasteiger partial charge in [-0.25, -0.2) is 0 Å². The first-order valence-electron chi connectivity index (χ1n) is 3.29. The highest BCUT2D eigenvalue weighted by molar-refractivity contribution is 5.20. The Kier molecular flexibility index (Phi) is 4.89. The van der Waals surface area contributed by atoms with Gasteiger partial charge in [-0.2, -0.15) is 0 Å². The van der Waals surface area contributed by atoms with E-state index in [1.807, 2.05) is 13.0 Å². The number of hydrogen-bond donors (Lipinski definition) is 0. The first kappa shape index (κ1) is 8.22. The number of rotatable bonds is 3. The summed E-state index contributed by atoms with van der Waals surface area (Å²) in [7, 11) is 0. The van der Waals surface area contributed by atoms with Crippen molar-refractivity contribution in [2.75, 3.05) is 0 Å². The highest BCUT2D eigenvalue weighted by Gasteiger charge is 1.80. The van der Waals surface area contributed by atoms with Gasteiger partial charge in [0, 0.05) is 0 Å². The molecule has 0 atom stereocenters. The monoisotopic (exact) mass is 122 g/mol. The lowest BCUT2D eigenvalue weighted by molar-refractivity contribution is 1.14. The zero-order chi connectivity index (χ0) is 7.11. The zero-order valence-corrected chi connectivity index (χ0v) is 6.22. The predicted octanol–water partition coefficient (Wildman–Crippen LogP) is 3.08. The molecule has 0 aliphatic rings. The second-order valence-corrected chi connectivity index (χ2v) is 1.81. The van der Waals surface area contributed by atoms with Crippen LogP contribution in [0.4, 0.5) is 0 Å². The highest BCUT2D eigenvalue weighted by atomic mass is 13.9. The van der Waals surface area contributed by atoms with Crippen LogP contribution in [0, 0.1) is 0 Å². The van der Waals surface area contributed by atoms with Gasteiger partial charge >= 0.3 is 0 Å². The average Bonchev–Trinajstić information content (AvgIpc) is 1.91. The highest BCUT2D eigenvalue weighted by Crippen LogP contribution is 2.00. The van der Waals surface area contributed by atoms with Crippen LogP contribution in [-0.4, -0.2) is 0 Å². The van der Waals surface area contributed by atoms with Crippen LogP contribution >= 0.6 is 0 Å². The van der Waals surface area contributed by atoms with Gasteiger partial charge in [-0.3, -0.25) is 0 Å². The molecule has 0 bridgehead atoms. The molecule has 0 fully saturated rings. The molecule has 0 saturated carbocycles. The van der Waals surface area contributed by atoms with E-state index in [9.17, 15) is 0 Å². The Morgan fingerprint density at radius 2 is 2.22 bits per heavy atom. The van der Waals surface area contributed by atoms with Gasteiger partial charge in [0.05, 0.1) is 0 Å². The van der Waals surface area contributed by atoms with Crippen LogP contribution in [0.15, 0.2) is 36.5 Å². The fourth-order valence-electron chi connectivity index (χ4n) is 0.610. The van der Waals surface area contributed by atoms with Crippen molar-refractivity contribution in [3.8, 4) is 0 Å². The van der Waals surface area contributed by atoms with E-state index in [2.05, 4.69) is 25.7 Å². The van der Waals surface area contributed by atoms with Gasteiger partial charge in [0.25, 0.3) is 0 Å². The van der Waals surface area contributed by atoms with E-state index in [4.69, 9.17) is 0 Å². The molecule has 0 heteroatoms. The third kappa shape index (κ3) is 3.77. The second-order valence-electron chi connectivity index (χ2n) is 1.81. The lowest BCUT2D eigenvalue weighted by Crippen LogP contribution is -1.69. The molecule has 0 amide bonds. The Hall–Kier alpha value is -0.780. The number of allylic oxidation sites excluding steroid dienone is 5. The SMILES string of the molecule is C=C/C=C/C(=CC)CC. The maximum Gasteiger partial charge on any atom is -0.0311 e. The maximum absolute atomic E-state index is 3.59. The minimum absolute atomic E-state index is 1.10. The number of hydrogen-bond acceptors (Lipinski definition) is 0. The molecule has 0 saturated heterocycles. The van der Waals surface area contributed by atoms with E-state index in [0.29, 0.717) is 0 Å². The molecule has 50 valence electrons. The minimum Gasteiger partial charge on any atom is -0.0991 e. The van der Waals surface area contributed by atoms with Crippen LogP contribution < -0.4 is 0 Å². The Morgan fingerprint density at radius 1 is 1.56 bits per heavy atom. The summed E-state index contributed by atoms with van der Waals surface area (Å²) in [5, 5.41) is 0. The van der Waals surface area contributed by atoms with Gasteiger partial charge in [0.1, 0.15) is 0 Å². The molecule has 0 radical (unpaired) electrons. The van der Waals surface area contributed by atoms with Crippen LogP contribution in [0.25, 0.3) is 0 Å². The summed E-state index contributed by atoms with van der Waals surface area (Å²) in [6.07, 6.45) is 9.03. The summed E-state index contributed by atoms with van der Waals surface area (Å²) in [5.74, 6) is 0. The van der Waals surface area contributed by atoms with Crippen LogP contribution in [-0.2, 0) is 0 Å². The molecule has 0 aliphatic carbocycles. The van der Waals surface area contributed by atoms with E-state index >= 15 is 0 Å². The van der Waals surface area contributed by atoms with E-state index < -0.39 is 0 Å². The van der Waals surface area contributed by atoms with Crippen LogP contribution in [0.1, 0.15) is 20.3 Å². The molecule has 0 aromatic heterocycles. The Morgan fingerprint density at radius 3 is 2.56 bits per heavy atom. The average molecular weight is 122 g/mol. The van der Waals surface area contributed by atoms with Crippen molar-refractivity contribution >= 4 is 0 Å². The minimum atomic E-state index is 1.10. The maximum atomic E-state index is 3.59. The van der Waals surface area contributed by atoms with Gasteiger partial charge in [-0.05, 0) is 13.3 Å². The smallest absolute Gasteiger partial charge is 0.0311 e. The summed E-state index contributed by atoms with van der Waals surface area (Å²) in [6, 6.07) is 0. The molecule has 0 aromatic rings. The third-order valence-corrected chi connectivity index (χ3v) is 1.23. The lowest BCUT2D eigenvalue weighted by atomic mass is 10.2. The van der Waals surface area contributed by atoms with Gasteiger partial charge in [0.15, 0.2) is 0 Å². The first-order valence-corrected chi connectivity index (χ1v) is 3.29. The molecule has 0 rings (SSSR count). The molecule has 9 heavy (non-hydrogen) atoms. The topological polar surface area (TPSA) is 0 Å². The Balaban J connectivity index is 3.84. The van der Waals surface area contributed by atoms with Crippen molar-refractivity contribution in [1.82, 2.24) is 0 Å². The summed E-state index contributed by atoms with van der Waals surface area (Å²) in [4.78, 5) is 0. The molecule has 0 aromatic carbocycles. The molecule has 0 nitrogen and oxygen atoms in total. The van der Waals surface area contributed by atoms with Crippen molar-refractivity contribution in [3.63, 3.8) is 0 Å². The molecule has 0 unspecified atom stereocenters. The zero-order valence-electron chi connectivity index (χ0n) is 6.22. The molecular weight excluding hydrogens is 108 g/mol. The molecule has 0 spiro atoms. The van der Waals surface area contributed by atoms with E-state index in [0.717, 1.165) is 6.42 Å². The third-order valence-electron chi connectivity index (χ3n) is 1.23. The van der Waals surface area contributed by atoms with Crippen molar-refractivity contribution < 1.29 is 0 Å². The van der Waals surface area contributed by atoms with E-state index in [-0.39, 0.29) is 0 Å². The summed E-state index contributed by atoms with van der Waals surface area (Å²) < 4.78 is 0. The van der Waals surface area contributed by atoms with E-state index in [1.54, 1.807) is 6.08 Å². The lowest BCUT2D eigenvalue weighted by Gasteiger charge is -1.90. The second kappa shape index (κ2) is 5.36. The van der Waals surface area contributed by atoms with Crippen LogP contribution in [0.3, 0.4) is 0 Å². The van der Waals surface area contributed by atoms with Crippen LogP contribution in [0.5, 0.6) is 0 Å². The largest absolute Gasteiger partial charge is 0.0991 e. The van der Waals surface area contributed by atoms with Gasteiger partial charge in [-0.1, -0.05) is 43.4 Å². The standard InChI is InChI=1S/C9H14/c1-4-7-8-9(5-2)6-3/h4-5,7-8H,1,6H2,2-3H3/b8-7+,9-5?. The Bertz CT molecular complexity index is 127. The van der Waals surface area contributed by atoms with Crippen molar-refractivity contribution in [3.05, 3.63) is 36.5 Å². The van der Waals surface area contributed by atoms with E-state index in [1.165, 1.54) is 5.57 Å². The normalized spacial score (nSPS) is 12.4. The summed E-state index contributed by atoms with van der Waals surface area (Å²) >= 11 is 0. The van der Waals surface area contributed by atoms with Crippen molar-refractivity contribution in [1.29, 1.82) is 0 Å². The molecule has 0 aliphatic heterocycles. The molecular formula is C9H14. The first-order chi connectivity index (χ1) is 4.35. The van der Waals surface area contributed by atoms with Crippen molar-refractivity contribution in [2.24, 2.45) is 0 Å². The summed E-state index contributed by atoms with van der Waals surface area (Å²) in [6.45, 7) is 7.78. The Labute approximate surface area is 57.6 Å². The summed E-state index contributed by atoms with van der Waals surface area (Å²) in [5.41, 5.74) is 1.36. The van der Waals surface area contributed by atoms with Crippen molar-refractivity contribution in [2.45, 2.75) is 20.3 Å².